The van der Waals surface area contributed by atoms with Crippen molar-refractivity contribution in [1.29, 1.82) is 0 Å². The first-order valence-electron chi connectivity index (χ1n) is 10.2. The van der Waals surface area contributed by atoms with Crippen molar-refractivity contribution in [2.24, 2.45) is 0 Å². The van der Waals surface area contributed by atoms with E-state index >= 15 is 0 Å². The Hall–Kier alpha value is -2.76. The molecular weight excluding hydrogens is 374 g/mol. The van der Waals surface area contributed by atoms with Crippen LogP contribution >= 0.6 is 0 Å². The summed E-state index contributed by atoms with van der Waals surface area (Å²) in [7, 11) is 0. The first-order chi connectivity index (χ1) is 14.0. The van der Waals surface area contributed by atoms with Crippen molar-refractivity contribution in [2.75, 3.05) is 6.54 Å². The maximum atomic E-state index is 13.7. The summed E-state index contributed by atoms with van der Waals surface area (Å²) >= 11 is 0. The van der Waals surface area contributed by atoms with Gasteiger partial charge in [0.15, 0.2) is 0 Å². The molecule has 1 fully saturated rings. The van der Waals surface area contributed by atoms with Crippen molar-refractivity contribution in [1.82, 2.24) is 10.2 Å². The van der Waals surface area contributed by atoms with E-state index < -0.39 is 17.5 Å². The highest BCUT2D eigenvalue weighted by atomic mass is 19.1. The molecule has 6 heteroatoms. The molecule has 29 heavy (non-hydrogen) atoms. The first-order valence-corrected chi connectivity index (χ1v) is 10.2. The Morgan fingerprint density at radius 3 is 2.62 bits per heavy atom. The molecule has 4 nitrogen and oxygen atoms in total. The normalized spacial score (nSPS) is 18.1. The van der Waals surface area contributed by atoms with E-state index in [4.69, 9.17) is 0 Å². The van der Waals surface area contributed by atoms with E-state index in [9.17, 15) is 18.4 Å². The quantitative estimate of drug-likeness (QED) is 0.795. The number of rotatable bonds is 6. The number of halogens is 2. The Morgan fingerprint density at radius 1 is 1.07 bits per heavy atom. The highest BCUT2D eigenvalue weighted by Crippen LogP contribution is 2.41. The fraction of sp³-hybridized carbons (Fsp3) is 0.391. The number of fused-ring (bicyclic) bond motifs is 1. The van der Waals surface area contributed by atoms with Crippen LogP contribution in [0.3, 0.4) is 0 Å². The SMILES string of the molecule is O=C(NCCC(=O)N(C1CC1)C1CCCc2ccccc21)c1ccc(F)cc1F. The van der Waals surface area contributed by atoms with E-state index in [1.54, 1.807) is 0 Å². The predicted octanol–water partition coefficient (Wildman–Crippen LogP) is 4.15. The van der Waals surface area contributed by atoms with Gasteiger partial charge in [-0.1, -0.05) is 24.3 Å². The van der Waals surface area contributed by atoms with Crippen LogP contribution in [-0.2, 0) is 11.2 Å². The Labute approximate surface area is 168 Å². The lowest BCUT2D eigenvalue weighted by Gasteiger charge is -2.36. The predicted molar refractivity (Wildman–Crippen MR) is 105 cm³/mol. The molecule has 0 radical (unpaired) electrons. The molecule has 2 amide bonds. The zero-order valence-corrected chi connectivity index (χ0v) is 16.2. The van der Waals surface area contributed by atoms with Gasteiger partial charge in [0.25, 0.3) is 5.91 Å². The van der Waals surface area contributed by atoms with Gasteiger partial charge in [0.2, 0.25) is 5.91 Å². The second-order valence-electron chi connectivity index (χ2n) is 7.77. The van der Waals surface area contributed by atoms with E-state index in [1.807, 2.05) is 17.0 Å². The van der Waals surface area contributed by atoms with Gasteiger partial charge in [0.1, 0.15) is 11.6 Å². The Kier molecular flexibility index (Phi) is 5.60. The highest BCUT2D eigenvalue weighted by Gasteiger charge is 2.39. The summed E-state index contributed by atoms with van der Waals surface area (Å²) in [4.78, 5) is 27.2. The fourth-order valence-corrected chi connectivity index (χ4v) is 4.18. The molecule has 2 aliphatic rings. The van der Waals surface area contributed by atoms with Gasteiger partial charge >= 0.3 is 0 Å². The summed E-state index contributed by atoms with van der Waals surface area (Å²) in [6.45, 7) is 0.117. The van der Waals surface area contributed by atoms with Crippen LogP contribution in [0.2, 0.25) is 0 Å². The van der Waals surface area contributed by atoms with Crippen LogP contribution in [0.15, 0.2) is 42.5 Å². The minimum Gasteiger partial charge on any atom is -0.351 e. The van der Waals surface area contributed by atoms with Gasteiger partial charge in [-0.3, -0.25) is 9.59 Å². The van der Waals surface area contributed by atoms with Gasteiger partial charge in [-0.2, -0.15) is 0 Å². The standard InChI is InChI=1S/C23H24F2N2O2/c24-16-8-11-19(20(25)14-16)23(29)26-13-12-22(28)27(17-9-10-17)21-7-3-5-15-4-1-2-6-18(15)21/h1-2,4,6,8,11,14,17,21H,3,5,7,9-10,12-13H2,(H,26,29). The van der Waals surface area contributed by atoms with Crippen LogP contribution in [-0.4, -0.2) is 29.3 Å². The molecule has 0 bridgehead atoms. The average molecular weight is 398 g/mol. The number of carbonyl (C=O) groups excluding carboxylic acids is 2. The maximum absolute atomic E-state index is 13.7. The Bertz CT molecular complexity index is 927. The lowest BCUT2D eigenvalue weighted by atomic mass is 9.86. The third-order valence-electron chi connectivity index (χ3n) is 5.70. The molecule has 152 valence electrons. The van der Waals surface area contributed by atoms with Crippen LogP contribution in [0, 0.1) is 11.6 Å². The number of carbonyl (C=O) groups is 2. The molecule has 0 spiro atoms. The number of nitrogens with one attached hydrogen (secondary N) is 1. The largest absolute Gasteiger partial charge is 0.351 e. The van der Waals surface area contributed by atoms with Crippen molar-refractivity contribution in [3.05, 3.63) is 70.8 Å². The maximum Gasteiger partial charge on any atom is 0.254 e. The monoisotopic (exact) mass is 398 g/mol. The molecule has 2 aliphatic carbocycles. The molecule has 2 aromatic rings. The van der Waals surface area contributed by atoms with Gasteiger partial charge in [-0.25, -0.2) is 8.78 Å². The second-order valence-corrected chi connectivity index (χ2v) is 7.77. The summed E-state index contributed by atoms with van der Waals surface area (Å²) in [6, 6.07) is 11.5. The van der Waals surface area contributed by atoms with E-state index in [2.05, 4.69) is 17.4 Å². The molecule has 0 heterocycles. The van der Waals surface area contributed by atoms with Crippen LogP contribution in [0.5, 0.6) is 0 Å². The molecular formula is C23H24F2N2O2. The zero-order chi connectivity index (χ0) is 20.4. The third kappa shape index (κ3) is 4.31. The van der Waals surface area contributed by atoms with Gasteiger partial charge in [-0.05, 0) is 55.4 Å². The molecule has 1 N–H and O–H groups in total. The van der Waals surface area contributed by atoms with Crippen molar-refractivity contribution < 1.29 is 18.4 Å². The summed E-state index contributed by atoms with van der Waals surface area (Å²) < 4.78 is 26.7. The van der Waals surface area contributed by atoms with Crippen molar-refractivity contribution in [2.45, 2.75) is 50.6 Å². The molecule has 0 aromatic heterocycles. The van der Waals surface area contributed by atoms with Crippen LogP contribution in [0.25, 0.3) is 0 Å². The van der Waals surface area contributed by atoms with Gasteiger partial charge in [-0.15, -0.1) is 0 Å². The second kappa shape index (κ2) is 8.31. The number of benzene rings is 2. The summed E-state index contributed by atoms with van der Waals surface area (Å²) in [5.74, 6) is -2.28. The van der Waals surface area contributed by atoms with Crippen LogP contribution in [0.4, 0.5) is 8.78 Å². The molecule has 0 saturated heterocycles. The van der Waals surface area contributed by atoms with Crippen molar-refractivity contribution >= 4 is 11.8 Å². The summed E-state index contributed by atoms with van der Waals surface area (Å²) in [6.07, 6.45) is 5.22. The number of hydrogen-bond acceptors (Lipinski definition) is 2. The van der Waals surface area contributed by atoms with E-state index in [1.165, 1.54) is 11.1 Å². The van der Waals surface area contributed by atoms with Gasteiger partial charge in [0.05, 0.1) is 11.6 Å². The van der Waals surface area contributed by atoms with Gasteiger partial charge < -0.3 is 10.2 Å². The number of amides is 2. The van der Waals surface area contributed by atoms with Crippen molar-refractivity contribution in [3.8, 4) is 0 Å². The molecule has 2 aromatic carbocycles. The average Bonchev–Trinajstić information content (AvgIpc) is 3.53. The number of aryl methyl sites for hydroxylation is 1. The summed E-state index contributed by atoms with van der Waals surface area (Å²) in [5, 5.41) is 2.58. The summed E-state index contributed by atoms with van der Waals surface area (Å²) in [5.41, 5.74) is 2.32. The molecule has 4 rings (SSSR count). The highest BCUT2D eigenvalue weighted by molar-refractivity contribution is 5.94. The minimum atomic E-state index is -0.910. The van der Waals surface area contributed by atoms with E-state index in [0.29, 0.717) is 6.07 Å². The molecule has 1 atom stereocenters. The van der Waals surface area contributed by atoms with E-state index in [0.717, 1.165) is 44.2 Å². The lowest BCUT2D eigenvalue weighted by molar-refractivity contribution is -0.134. The van der Waals surface area contributed by atoms with Crippen molar-refractivity contribution in [3.63, 3.8) is 0 Å². The zero-order valence-electron chi connectivity index (χ0n) is 16.2. The Morgan fingerprint density at radius 2 is 1.86 bits per heavy atom. The van der Waals surface area contributed by atoms with Gasteiger partial charge in [0, 0.05) is 25.1 Å². The first kappa shape index (κ1) is 19.6. The van der Waals surface area contributed by atoms with Crippen LogP contribution in [0.1, 0.15) is 59.6 Å². The van der Waals surface area contributed by atoms with E-state index in [-0.39, 0.29) is 36.5 Å². The third-order valence-corrected chi connectivity index (χ3v) is 5.70. The fourth-order valence-electron chi connectivity index (χ4n) is 4.18. The molecule has 1 unspecified atom stereocenters. The topological polar surface area (TPSA) is 49.4 Å². The smallest absolute Gasteiger partial charge is 0.254 e. The van der Waals surface area contributed by atoms with Crippen LogP contribution < -0.4 is 5.32 Å². The molecule has 1 saturated carbocycles. The number of nitrogens with zero attached hydrogens (tertiary/aromatic N) is 1. The number of hydrogen-bond donors (Lipinski definition) is 1. The lowest BCUT2D eigenvalue weighted by Crippen LogP contribution is -2.40. The Balaban J connectivity index is 1.40. The minimum absolute atomic E-state index is 0.00841. The molecule has 0 aliphatic heterocycles.